The van der Waals surface area contributed by atoms with Gasteiger partial charge in [0.1, 0.15) is 17.0 Å². The third-order valence-electron chi connectivity index (χ3n) is 3.56. The van der Waals surface area contributed by atoms with E-state index >= 15 is 0 Å². The zero-order chi connectivity index (χ0) is 15.8. The molecule has 0 spiro atoms. The average molecular weight is 306 g/mol. The molecule has 1 aromatic carbocycles. The normalized spacial score (nSPS) is 11.0. The predicted molar refractivity (Wildman–Crippen MR) is 84.9 cm³/mol. The van der Waals surface area contributed by atoms with Crippen LogP contribution in [0.25, 0.3) is 28.0 Å². The molecule has 3 aromatic heterocycles. The summed E-state index contributed by atoms with van der Waals surface area (Å²) in [6, 6.07) is 13.0. The molecule has 0 saturated carbocycles. The molecule has 0 saturated heterocycles. The molecule has 4 rings (SSSR count). The van der Waals surface area contributed by atoms with Crippen LogP contribution in [0.5, 0.6) is 0 Å². The molecular formula is C17H11FN4O. The number of H-pyrrole nitrogens is 1. The second-order valence-corrected chi connectivity index (χ2v) is 5.05. The van der Waals surface area contributed by atoms with E-state index in [2.05, 4.69) is 15.1 Å². The van der Waals surface area contributed by atoms with Crippen molar-refractivity contribution < 1.29 is 4.39 Å². The van der Waals surface area contributed by atoms with Gasteiger partial charge in [0.05, 0.1) is 11.2 Å². The number of halogens is 1. The van der Waals surface area contributed by atoms with Crippen LogP contribution >= 0.6 is 0 Å². The maximum atomic E-state index is 13.2. The van der Waals surface area contributed by atoms with Crippen molar-refractivity contribution in [3.63, 3.8) is 0 Å². The minimum Gasteiger partial charge on any atom is -0.329 e. The van der Waals surface area contributed by atoms with Crippen LogP contribution < -0.4 is 5.56 Å². The van der Waals surface area contributed by atoms with Gasteiger partial charge in [0, 0.05) is 24.0 Å². The Morgan fingerprint density at radius 3 is 2.70 bits per heavy atom. The molecule has 0 aliphatic carbocycles. The summed E-state index contributed by atoms with van der Waals surface area (Å²) >= 11 is 0. The molecule has 0 bridgehead atoms. The number of benzene rings is 1. The Bertz CT molecular complexity index is 1050. The Labute approximate surface area is 130 Å². The van der Waals surface area contributed by atoms with E-state index in [1.54, 1.807) is 35.3 Å². The van der Waals surface area contributed by atoms with Gasteiger partial charge in [0.25, 0.3) is 0 Å². The van der Waals surface area contributed by atoms with E-state index in [0.717, 1.165) is 11.2 Å². The van der Waals surface area contributed by atoms with Crippen molar-refractivity contribution in [2.45, 2.75) is 0 Å². The van der Waals surface area contributed by atoms with E-state index < -0.39 is 0 Å². The van der Waals surface area contributed by atoms with Gasteiger partial charge in [0.2, 0.25) is 5.56 Å². The van der Waals surface area contributed by atoms with Gasteiger partial charge in [-0.1, -0.05) is 0 Å². The van der Waals surface area contributed by atoms with Crippen molar-refractivity contribution in [2.75, 3.05) is 0 Å². The number of hydrogen-bond donors (Lipinski definition) is 1. The van der Waals surface area contributed by atoms with E-state index in [0.29, 0.717) is 16.8 Å². The van der Waals surface area contributed by atoms with Gasteiger partial charge >= 0.3 is 0 Å². The topological polar surface area (TPSA) is 63.6 Å². The quantitative estimate of drug-likeness (QED) is 0.619. The maximum absolute atomic E-state index is 13.2. The van der Waals surface area contributed by atoms with Crippen LogP contribution in [0.3, 0.4) is 0 Å². The van der Waals surface area contributed by atoms with Gasteiger partial charge in [0.15, 0.2) is 0 Å². The number of nitrogens with one attached hydrogen (secondary N) is 1. The van der Waals surface area contributed by atoms with Crippen molar-refractivity contribution in [3.8, 4) is 16.9 Å². The second-order valence-electron chi connectivity index (χ2n) is 5.05. The molecule has 0 amide bonds. The molecule has 4 aromatic rings. The summed E-state index contributed by atoms with van der Waals surface area (Å²) in [4.78, 5) is 18.5. The summed E-state index contributed by atoms with van der Waals surface area (Å²) in [5, 5.41) is 4.58. The molecule has 0 aliphatic heterocycles. The summed E-state index contributed by atoms with van der Waals surface area (Å²) in [5.74, 6) is -0.307. The third-order valence-corrected chi connectivity index (χ3v) is 3.56. The van der Waals surface area contributed by atoms with Crippen molar-refractivity contribution in [1.82, 2.24) is 19.7 Å². The largest absolute Gasteiger partial charge is 0.329 e. The molecule has 6 heteroatoms. The molecule has 0 atom stereocenters. The summed E-state index contributed by atoms with van der Waals surface area (Å²) < 4.78 is 14.8. The van der Waals surface area contributed by atoms with Gasteiger partial charge in [-0.15, -0.1) is 0 Å². The first-order valence-electron chi connectivity index (χ1n) is 7.01. The Kier molecular flexibility index (Phi) is 3.01. The van der Waals surface area contributed by atoms with Crippen LogP contribution in [0.4, 0.5) is 4.39 Å². The number of hydrogen-bond acceptors (Lipinski definition) is 3. The fourth-order valence-corrected chi connectivity index (χ4v) is 2.52. The van der Waals surface area contributed by atoms with Crippen LogP contribution in [0.15, 0.2) is 65.7 Å². The smallest absolute Gasteiger partial charge is 0.248 e. The molecular weight excluding hydrogens is 295 g/mol. The lowest BCUT2D eigenvalue weighted by Gasteiger charge is -2.02. The lowest BCUT2D eigenvalue weighted by molar-refractivity contribution is 0.627. The van der Waals surface area contributed by atoms with Crippen molar-refractivity contribution in [2.24, 2.45) is 0 Å². The van der Waals surface area contributed by atoms with E-state index in [4.69, 9.17) is 0 Å². The number of rotatable bonds is 2. The number of aromatic amines is 1. The number of fused-ring (bicyclic) bond motifs is 1. The van der Waals surface area contributed by atoms with Crippen LogP contribution in [-0.4, -0.2) is 19.7 Å². The zero-order valence-corrected chi connectivity index (χ0v) is 11.9. The van der Waals surface area contributed by atoms with Gasteiger partial charge in [-0.2, -0.15) is 5.10 Å². The van der Waals surface area contributed by atoms with E-state index in [9.17, 15) is 9.18 Å². The Hall–Kier alpha value is -3.28. The van der Waals surface area contributed by atoms with Crippen LogP contribution in [0.2, 0.25) is 0 Å². The lowest BCUT2D eigenvalue weighted by atomic mass is 10.2. The minimum atomic E-state index is -0.307. The minimum absolute atomic E-state index is 0.206. The van der Waals surface area contributed by atoms with Crippen molar-refractivity contribution in [3.05, 3.63) is 77.1 Å². The third kappa shape index (κ3) is 2.30. The monoisotopic (exact) mass is 306 g/mol. The van der Waals surface area contributed by atoms with E-state index in [1.165, 1.54) is 18.2 Å². The van der Waals surface area contributed by atoms with Gasteiger partial charge in [-0.25, -0.2) is 9.07 Å². The zero-order valence-electron chi connectivity index (χ0n) is 11.9. The molecule has 112 valence electrons. The predicted octanol–water partition coefficient (Wildman–Crippen LogP) is 2.91. The second kappa shape index (κ2) is 5.17. The van der Waals surface area contributed by atoms with Gasteiger partial charge < -0.3 is 4.98 Å². The first-order chi connectivity index (χ1) is 11.2. The highest BCUT2D eigenvalue weighted by Crippen LogP contribution is 2.27. The lowest BCUT2D eigenvalue weighted by Crippen LogP contribution is -2.02. The highest BCUT2D eigenvalue weighted by atomic mass is 19.1. The van der Waals surface area contributed by atoms with Crippen LogP contribution in [0.1, 0.15) is 0 Å². The molecule has 5 nitrogen and oxygen atoms in total. The molecule has 23 heavy (non-hydrogen) atoms. The standard InChI is InChI=1S/C17H11FN4O/c18-12-3-5-13(6-4-12)22-14-2-1-8-20-17(14)16(21-22)11-7-9-19-15(23)10-11/h1-10H,(H,19,23). The summed E-state index contributed by atoms with van der Waals surface area (Å²) in [6.07, 6.45) is 3.25. The molecule has 0 fully saturated rings. The molecule has 3 heterocycles. The SMILES string of the molecule is O=c1cc(-c2nn(-c3ccc(F)cc3)c3cccnc23)cc[nH]1. The van der Waals surface area contributed by atoms with Crippen molar-refractivity contribution in [1.29, 1.82) is 0 Å². The molecule has 0 unspecified atom stereocenters. The molecule has 0 radical (unpaired) electrons. The Morgan fingerprint density at radius 1 is 1.09 bits per heavy atom. The highest BCUT2D eigenvalue weighted by Gasteiger charge is 2.14. The summed E-state index contributed by atoms with van der Waals surface area (Å²) in [5.41, 5.74) is 3.27. The Balaban J connectivity index is 2.00. The Morgan fingerprint density at radius 2 is 1.91 bits per heavy atom. The number of nitrogens with zero attached hydrogens (tertiary/aromatic N) is 3. The van der Waals surface area contributed by atoms with Crippen LogP contribution in [-0.2, 0) is 0 Å². The van der Waals surface area contributed by atoms with Crippen LogP contribution in [0, 0.1) is 5.82 Å². The number of aromatic nitrogens is 4. The molecule has 1 N–H and O–H groups in total. The maximum Gasteiger partial charge on any atom is 0.248 e. The fourth-order valence-electron chi connectivity index (χ4n) is 2.52. The number of pyridine rings is 2. The van der Waals surface area contributed by atoms with Crippen molar-refractivity contribution >= 4 is 11.0 Å². The first-order valence-corrected chi connectivity index (χ1v) is 7.01. The summed E-state index contributed by atoms with van der Waals surface area (Å²) in [7, 11) is 0. The molecule has 0 aliphatic rings. The van der Waals surface area contributed by atoms with E-state index in [-0.39, 0.29) is 11.4 Å². The first kappa shape index (κ1) is 13.4. The highest BCUT2D eigenvalue weighted by molar-refractivity contribution is 5.90. The average Bonchev–Trinajstić information content (AvgIpc) is 2.95. The van der Waals surface area contributed by atoms with E-state index in [1.807, 2.05) is 12.1 Å². The van der Waals surface area contributed by atoms with Gasteiger partial charge in [-0.05, 0) is 42.5 Å². The fraction of sp³-hybridized carbons (Fsp3) is 0. The summed E-state index contributed by atoms with van der Waals surface area (Å²) in [6.45, 7) is 0. The van der Waals surface area contributed by atoms with Gasteiger partial charge in [-0.3, -0.25) is 9.78 Å².